The number of fused-ring (bicyclic) bond motifs is 2. The predicted molar refractivity (Wildman–Crippen MR) is 143 cm³/mol. The molecule has 0 bridgehead atoms. The van der Waals surface area contributed by atoms with Crippen LogP contribution in [0.15, 0.2) is 53.6 Å². The van der Waals surface area contributed by atoms with E-state index in [2.05, 4.69) is 10.5 Å². The number of aromatic hydroxyl groups is 1. The molecule has 5 rings (SSSR count). The van der Waals surface area contributed by atoms with Crippen molar-refractivity contribution in [2.24, 2.45) is 16.9 Å². The molecule has 210 valence electrons. The molecule has 40 heavy (non-hydrogen) atoms. The van der Waals surface area contributed by atoms with Crippen molar-refractivity contribution in [3.05, 3.63) is 70.8 Å². The molecule has 1 aliphatic heterocycles. The standard InChI is InChI=1S/C29H30N2O9/c1-36-23-8-16(9-24(37-2)28(23)38-3)25-17-10-21-22(40-14-39-21)11-18(17)27(34)19(13-32)26(25)29(35)31-30-12-15-6-4-5-7-20(15)33/h4-12,19,25-27,32-34H,13-14H2,1-3H3,(H,31,35). The minimum absolute atomic E-state index is 0.00197. The number of phenols is 1. The number of nitrogens with zero attached hydrogens (tertiary/aromatic N) is 1. The van der Waals surface area contributed by atoms with Crippen molar-refractivity contribution in [2.45, 2.75) is 12.0 Å². The first-order valence-electron chi connectivity index (χ1n) is 12.5. The summed E-state index contributed by atoms with van der Waals surface area (Å²) in [6.45, 7) is -0.463. The lowest BCUT2D eigenvalue weighted by Gasteiger charge is -2.41. The third kappa shape index (κ3) is 4.74. The van der Waals surface area contributed by atoms with Crippen molar-refractivity contribution < 1.29 is 43.8 Å². The number of hydrazone groups is 1. The molecular formula is C29H30N2O9. The van der Waals surface area contributed by atoms with E-state index in [1.54, 1.807) is 42.5 Å². The summed E-state index contributed by atoms with van der Waals surface area (Å²) in [6.07, 6.45) is 0.131. The molecule has 4 atom stereocenters. The largest absolute Gasteiger partial charge is 0.507 e. The van der Waals surface area contributed by atoms with Crippen LogP contribution in [0.1, 0.15) is 34.3 Å². The minimum atomic E-state index is -1.19. The summed E-state index contributed by atoms with van der Waals surface area (Å²) in [5.74, 6) is -1.06. The van der Waals surface area contributed by atoms with Gasteiger partial charge in [0.15, 0.2) is 23.0 Å². The van der Waals surface area contributed by atoms with Gasteiger partial charge in [0.25, 0.3) is 0 Å². The van der Waals surface area contributed by atoms with Crippen molar-refractivity contribution in [1.29, 1.82) is 0 Å². The summed E-state index contributed by atoms with van der Waals surface area (Å²) >= 11 is 0. The number of benzene rings is 3. The molecule has 11 heteroatoms. The number of nitrogens with one attached hydrogen (secondary N) is 1. The highest BCUT2D eigenvalue weighted by Gasteiger charge is 2.47. The zero-order valence-corrected chi connectivity index (χ0v) is 22.2. The van der Waals surface area contributed by atoms with Gasteiger partial charge in [0.05, 0.1) is 39.6 Å². The van der Waals surface area contributed by atoms with E-state index in [0.29, 0.717) is 51.0 Å². The van der Waals surface area contributed by atoms with E-state index < -0.39 is 36.4 Å². The number of rotatable bonds is 8. The lowest BCUT2D eigenvalue weighted by molar-refractivity contribution is -0.131. The van der Waals surface area contributed by atoms with E-state index in [0.717, 1.165) is 0 Å². The van der Waals surface area contributed by atoms with Crippen LogP contribution in [0.3, 0.4) is 0 Å². The second kappa shape index (κ2) is 11.3. The highest BCUT2D eigenvalue weighted by molar-refractivity contribution is 5.86. The molecule has 0 fully saturated rings. The van der Waals surface area contributed by atoms with Gasteiger partial charge in [-0.1, -0.05) is 12.1 Å². The Balaban J connectivity index is 1.64. The number of carbonyl (C=O) groups is 1. The summed E-state index contributed by atoms with van der Waals surface area (Å²) in [5.41, 5.74) is 4.67. The Labute approximate surface area is 230 Å². The summed E-state index contributed by atoms with van der Waals surface area (Å²) in [6, 6.07) is 13.4. The molecule has 3 aromatic rings. The first kappa shape index (κ1) is 27.1. The van der Waals surface area contributed by atoms with Crippen LogP contribution in [0.2, 0.25) is 0 Å². The number of aliphatic hydroxyl groups is 2. The quantitative estimate of drug-likeness (QED) is 0.245. The lowest BCUT2D eigenvalue weighted by atomic mass is 9.65. The Kier molecular flexibility index (Phi) is 7.67. The summed E-state index contributed by atoms with van der Waals surface area (Å²) in [7, 11) is 4.48. The zero-order chi connectivity index (χ0) is 28.4. The number of para-hydroxylation sites is 1. The average Bonchev–Trinajstić information content (AvgIpc) is 3.44. The van der Waals surface area contributed by atoms with E-state index in [-0.39, 0.29) is 12.5 Å². The molecular weight excluding hydrogens is 520 g/mol. The van der Waals surface area contributed by atoms with Crippen LogP contribution in [-0.4, -0.2) is 62.2 Å². The Morgan fingerprint density at radius 1 is 1.02 bits per heavy atom. The fourth-order valence-corrected chi connectivity index (χ4v) is 5.43. The lowest BCUT2D eigenvalue weighted by Crippen LogP contribution is -2.44. The number of hydrogen-bond donors (Lipinski definition) is 4. The summed E-state index contributed by atoms with van der Waals surface area (Å²) in [4.78, 5) is 13.8. The highest BCUT2D eigenvalue weighted by atomic mass is 16.7. The molecule has 0 spiro atoms. The average molecular weight is 551 g/mol. The van der Waals surface area contributed by atoms with Crippen LogP contribution in [0.4, 0.5) is 0 Å². The maximum atomic E-state index is 13.8. The summed E-state index contributed by atoms with van der Waals surface area (Å²) < 4.78 is 27.8. The van der Waals surface area contributed by atoms with Crippen LogP contribution in [0, 0.1) is 11.8 Å². The third-order valence-electron chi connectivity index (χ3n) is 7.33. The Hall–Kier alpha value is -4.48. The van der Waals surface area contributed by atoms with Crippen LogP contribution >= 0.6 is 0 Å². The molecule has 1 heterocycles. The van der Waals surface area contributed by atoms with Gasteiger partial charge in [0.2, 0.25) is 18.4 Å². The first-order chi connectivity index (χ1) is 19.4. The number of methoxy groups -OCH3 is 3. The van der Waals surface area contributed by atoms with E-state index in [1.807, 2.05) is 0 Å². The van der Waals surface area contributed by atoms with Crippen LogP contribution in [0.25, 0.3) is 0 Å². The van der Waals surface area contributed by atoms with Gasteiger partial charge >= 0.3 is 0 Å². The first-order valence-corrected chi connectivity index (χ1v) is 12.5. The molecule has 1 aliphatic carbocycles. The van der Waals surface area contributed by atoms with Gasteiger partial charge in [0.1, 0.15) is 5.75 Å². The number of carbonyl (C=O) groups excluding carboxylic acids is 1. The van der Waals surface area contributed by atoms with Gasteiger partial charge in [0, 0.05) is 24.0 Å². The second-order valence-electron chi connectivity index (χ2n) is 9.38. The molecule has 0 saturated carbocycles. The van der Waals surface area contributed by atoms with Crippen molar-refractivity contribution >= 4 is 12.1 Å². The topological polar surface area (TPSA) is 148 Å². The molecule has 4 N–H and O–H groups in total. The van der Waals surface area contributed by atoms with Crippen LogP contribution < -0.4 is 29.1 Å². The number of phenolic OH excluding ortho intramolecular Hbond substituents is 1. The predicted octanol–water partition coefficient (Wildman–Crippen LogP) is 2.70. The monoisotopic (exact) mass is 550 g/mol. The van der Waals surface area contributed by atoms with Crippen LogP contribution in [0.5, 0.6) is 34.5 Å². The Morgan fingerprint density at radius 2 is 1.68 bits per heavy atom. The fraction of sp³-hybridized carbons (Fsp3) is 0.310. The smallest absolute Gasteiger partial charge is 0.244 e. The molecule has 0 aromatic heterocycles. The van der Waals surface area contributed by atoms with Gasteiger partial charge in [-0.25, -0.2) is 5.43 Å². The summed E-state index contributed by atoms with van der Waals surface area (Å²) in [5, 5.41) is 35.9. The normalized spacial score (nSPS) is 21.1. The highest BCUT2D eigenvalue weighted by Crippen LogP contribution is 2.53. The van der Waals surface area contributed by atoms with E-state index in [1.165, 1.54) is 33.6 Å². The second-order valence-corrected chi connectivity index (χ2v) is 9.38. The maximum absolute atomic E-state index is 13.8. The van der Waals surface area contributed by atoms with Crippen molar-refractivity contribution in [1.82, 2.24) is 5.43 Å². The van der Waals surface area contributed by atoms with Gasteiger partial charge < -0.3 is 39.0 Å². The van der Waals surface area contributed by atoms with Crippen molar-refractivity contribution in [3.63, 3.8) is 0 Å². The Bertz CT molecular complexity index is 1420. The number of amides is 1. The molecule has 2 aliphatic rings. The van der Waals surface area contributed by atoms with Gasteiger partial charge in [-0.15, -0.1) is 0 Å². The van der Waals surface area contributed by atoms with E-state index in [9.17, 15) is 20.1 Å². The third-order valence-corrected chi connectivity index (χ3v) is 7.33. The molecule has 0 radical (unpaired) electrons. The number of aliphatic hydroxyl groups excluding tert-OH is 2. The SMILES string of the molecule is COc1cc(C2c3cc4c(cc3C(O)C(CO)C2C(=O)NN=Cc2ccccc2O)OCO4)cc(OC)c1OC. The van der Waals surface area contributed by atoms with Crippen LogP contribution in [-0.2, 0) is 4.79 Å². The molecule has 11 nitrogen and oxygen atoms in total. The van der Waals surface area contributed by atoms with Gasteiger partial charge in [-0.2, -0.15) is 5.10 Å². The van der Waals surface area contributed by atoms with Crippen molar-refractivity contribution in [2.75, 3.05) is 34.7 Å². The minimum Gasteiger partial charge on any atom is -0.507 e. The van der Waals surface area contributed by atoms with E-state index in [4.69, 9.17) is 23.7 Å². The fourth-order valence-electron chi connectivity index (χ4n) is 5.43. The molecule has 0 saturated heterocycles. The van der Waals surface area contributed by atoms with Gasteiger partial charge in [-0.05, 0) is 53.1 Å². The van der Waals surface area contributed by atoms with E-state index >= 15 is 0 Å². The van der Waals surface area contributed by atoms with Gasteiger partial charge in [-0.3, -0.25) is 4.79 Å². The molecule has 1 amide bonds. The number of hydrogen-bond acceptors (Lipinski definition) is 10. The maximum Gasteiger partial charge on any atom is 0.244 e. The van der Waals surface area contributed by atoms with Crippen molar-refractivity contribution in [3.8, 4) is 34.5 Å². The molecule has 4 unspecified atom stereocenters. The molecule has 3 aromatic carbocycles. The zero-order valence-electron chi connectivity index (χ0n) is 22.2. The Morgan fingerprint density at radius 3 is 2.27 bits per heavy atom. The number of ether oxygens (including phenoxy) is 5.